The van der Waals surface area contributed by atoms with E-state index in [0.29, 0.717) is 6.04 Å². The third-order valence-electron chi connectivity index (χ3n) is 3.14. The molecule has 1 N–H and O–H groups in total. The van der Waals surface area contributed by atoms with E-state index in [0.717, 1.165) is 31.0 Å². The van der Waals surface area contributed by atoms with Gasteiger partial charge in [0.25, 0.3) is 0 Å². The number of nitrogens with one attached hydrogen (secondary N) is 1. The van der Waals surface area contributed by atoms with Crippen molar-refractivity contribution in [3.05, 3.63) is 53.3 Å². The van der Waals surface area contributed by atoms with Gasteiger partial charge in [-0.1, -0.05) is 37.1 Å². The lowest BCUT2D eigenvalue weighted by molar-refractivity contribution is 0.461. The molecule has 1 heterocycles. The molecule has 1 aromatic heterocycles. The van der Waals surface area contributed by atoms with E-state index in [4.69, 9.17) is 11.6 Å². The standard InChI is InChI=1S/C15H20ClN3/c1-2-4-15(13-5-7-14(16)8-6-13)17-10-12-19-11-3-9-18-19/h3,5-9,11,15,17H,2,4,10,12H2,1H3. The first-order chi connectivity index (χ1) is 9.29. The van der Waals surface area contributed by atoms with Crippen LogP contribution in [-0.2, 0) is 6.54 Å². The van der Waals surface area contributed by atoms with Gasteiger partial charge in [0.2, 0.25) is 0 Å². The molecule has 2 rings (SSSR count). The molecule has 0 radical (unpaired) electrons. The molecular weight excluding hydrogens is 258 g/mol. The summed E-state index contributed by atoms with van der Waals surface area (Å²) in [5.74, 6) is 0. The normalized spacial score (nSPS) is 12.5. The lowest BCUT2D eigenvalue weighted by Crippen LogP contribution is -2.25. The zero-order valence-electron chi connectivity index (χ0n) is 11.2. The average Bonchev–Trinajstić information content (AvgIpc) is 2.92. The minimum Gasteiger partial charge on any atom is -0.308 e. The average molecular weight is 278 g/mol. The Kier molecular flexibility index (Phi) is 5.43. The van der Waals surface area contributed by atoms with Gasteiger partial charge in [0.1, 0.15) is 0 Å². The highest BCUT2D eigenvalue weighted by Gasteiger charge is 2.09. The second-order valence-corrected chi connectivity index (χ2v) is 5.05. The van der Waals surface area contributed by atoms with Crippen LogP contribution in [0.2, 0.25) is 5.02 Å². The smallest absolute Gasteiger partial charge is 0.0534 e. The van der Waals surface area contributed by atoms with Crippen LogP contribution in [0, 0.1) is 0 Å². The summed E-state index contributed by atoms with van der Waals surface area (Å²) in [6, 6.07) is 10.4. The Balaban J connectivity index is 1.90. The van der Waals surface area contributed by atoms with Gasteiger partial charge >= 0.3 is 0 Å². The maximum atomic E-state index is 5.93. The van der Waals surface area contributed by atoms with Gasteiger partial charge in [-0.2, -0.15) is 5.10 Å². The van der Waals surface area contributed by atoms with E-state index >= 15 is 0 Å². The Morgan fingerprint density at radius 2 is 2.11 bits per heavy atom. The van der Waals surface area contributed by atoms with Crippen molar-refractivity contribution in [2.75, 3.05) is 6.54 Å². The molecule has 0 aliphatic rings. The van der Waals surface area contributed by atoms with Crippen LogP contribution in [0.3, 0.4) is 0 Å². The number of hydrogen-bond acceptors (Lipinski definition) is 2. The van der Waals surface area contributed by atoms with Gasteiger partial charge in [-0.05, 0) is 30.2 Å². The Hall–Kier alpha value is -1.32. The van der Waals surface area contributed by atoms with E-state index in [1.54, 1.807) is 0 Å². The lowest BCUT2D eigenvalue weighted by atomic mass is 10.0. The molecule has 0 spiro atoms. The molecule has 4 heteroatoms. The first-order valence-electron chi connectivity index (χ1n) is 6.76. The molecule has 0 saturated carbocycles. The van der Waals surface area contributed by atoms with E-state index in [9.17, 15) is 0 Å². The predicted octanol–water partition coefficient (Wildman–Crippen LogP) is 3.67. The van der Waals surface area contributed by atoms with Crippen molar-refractivity contribution < 1.29 is 0 Å². The molecule has 0 bridgehead atoms. The Morgan fingerprint density at radius 3 is 2.74 bits per heavy atom. The molecule has 19 heavy (non-hydrogen) atoms. The number of rotatable bonds is 7. The Bertz CT molecular complexity index is 465. The summed E-state index contributed by atoms with van der Waals surface area (Å²) in [5.41, 5.74) is 1.30. The van der Waals surface area contributed by atoms with Crippen LogP contribution >= 0.6 is 11.6 Å². The highest BCUT2D eigenvalue weighted by atomic mass is 35.5. The van der Waals surface area contributed by atoms with Crippen LogP contribution in [0.4, 0.5) is 0 Å². The van der Waals surface area contributed by atoms with Gasteiger partial charge in [-0.3, -0.25) is 4.68 Å². The van der Waals surface area contributed by atoms with Crippen molar-refractivity contribution in [2.45, 2.75) is 32.4 Å². The zero-order valence-corrected chi connectivity index (χ0v) is 12.0. The molecule has 0 saturated heterocycles. The van der Waals surface area contributed by atoms with Gasteiger partial charge in [0, 0.05) is 30.0 Å². The largest absolute Gasteiger partial charge is 0.308 e. The summed E-state index contributed by atoms with van der Waals surface area (Å²) >= 11 is 5.93. The summed E-state index contributed by atoms with van der Waals surface area (Å²) in [7, 11) is 0. The quantitative estimate of drug-likeness (QED) is 0.837. The second-order valence-electron chi connectivity index (χ2n) is 4.62. The van der Waals surface area contributed by atoms with Crippen molar-refractivity contribution in [3.8, 4) is 0 Å². The summed E-state index contributed by atoms with van der Waals surface area (Å²) in [4.78, 5) is 0. The fourth-order valence-corrected chi connectivity index (χ4v) is 2.28. The van der Waals surface area contributed by atoms with E-state index in [1.807, 2.05) is 35.3 Å². The van der Waals surface area contributed by atoms with Crippen LogP contribution in [0.25, 0.3) is 0 Å². The first kappa shape index (κ1) is 14.1. The van der Waals surface area contributed by atoms with Crippen LogP contribution in [0.1, 0.15) is 31.4 Å². The summed E-state index contributed by atoms with van der Waals surface area (Å²) in [6.07, 6.45) is 6.07. The molecule has 0 amide bonds. The Morgan fingerprint density at radius 1 is 1.32 bits per heavy atom. The summed E-state index contributed by atoms with van der Waals surface area (Å²) in [5, 5.41) is 8.58. The fourth-order valence-electron chi connectivity index (χ4n) is 2.16. The van der Waals surface area contributed by atoms with Crippen LogP contribution in [-0.4, -0.2) is 16.3 Å². The zero-order chi connectivity index (χ0) is 13.5. The van der Waals surface area contributed by atoms with E-state index in [1.165, 1.54) is 5.56 Å². The first-order valence-corrected chi connectivity index (χ1v) is 7.13. The number of halogens is 1. The third-order valence-corrected chi connectivity index (χ3v) is 3.39. The van der Waals surface area contributed by atoms with Gasteiger partial charge in [0.15, 0.2) is 0 Å². The topological polar surface area (TPSA) is 29.9 Å². The SMILES string of the molecule is CCCC(NCCn1cccn1)c1ccc(Cl)cc1. The molecule has 0 aliphatic heterocycles. The second kappa shape index (κ2) is 7.31. The van der Waals surface area contributed by atoms with Gasteiger partial charge in [-0.15, -0.1) is 0 Å². The van der Waals surface area contributed by atoms with Crippen molar-refractivity contribution in [1.82, 2.24) is 15.1 Å². The maximum absolute atomic E-state index is 5.93. The Labute approximate surface area is 119 Å². The third kappa shape index (κ3) is 4.37. The van der Waals surface area contributed by atoms with Crippen molar-refractivity contribution in [3.63, 3.8) is 0 Å². The maximum Gasteiger partial charge on any atom is 0.0534 e. The minimum absolute atomic E-state index is 0.387. The predicted molar refractivity (Wildman–Crippen MR) is 79.3 cm³/mol. The molecule has 0 aliphatic carbocycles. The number of nitrogens with zero attached hydrogens (tertiary/aromatic N) is 2. The van der Waals surface area contributed by atoms with Crippen LogP contribution in [0.5, 0.6) is 0 Å². The van der Waals surface area contributed by atoms with E-state index in [-0.39, 0.29) is 0 Å². The molecule has 1 unspecified atom stereocenters. The number of hydrogen-bond donors (Lipinski definition) is 1. The fraction of sp³-hybridized carbons (Fsp3) is 0.400. The monoisotopic (exact) mass is 277 g/mol. The molecule has 0 fully saturated rings. The molecule has 102 valence electrons. The van der Waals surface area contributed by atoms with E-state index in [2.05, 4.69) is 29.5 Å². The van der Waals surface area contributed by atoms with Gasteiger partial charge < -0.3 is 5.32 Å². The van der Waals surface area contributed by atoms with Crippen LogP contribution < -0.4 is 5.32 Å². The van der Waals surface area contributed by atoms with E-state index < -0.39 is 0 Å². The lowest BCUT2D eigenvalue weighted by Gasteiger charge is -2.18. The summed E-state index contributed by atoms with van der Waals surface area (Å²) in [6.45, 7) is 4.01. The minimum atomic E-state index is 0.387. The molecular formula is C15H20ClN3. The number of aromatic nitrogens is 2. The van der Waals surface area contributed by atoms with Gasteiger partial charge in [-0.25, -0.2) is 0 Å². The highest BCUT2D eigenvalue weighted by Crippen LogP contribution is 2.20. The van der Waals surface area contributed by atoms with Crippen LogP contribution in [0.15, 0.2) is 42.7 Å². The highest BCUT2D eigenvalue weighted by molar-refractivity contribution is 6.30. The molecule has 3 nitrogen and oxygen atoms in total. The molecule has 1 aromatic carbocycles. The molecule has 2 aromatic rings. The van der Waals surface area contributed by atoms with Crippen molar-refractivity contribution in [2.24, 2.45) is 0 Å². The number of benzene rings is 1. The summed E-state index contributed by atoms with van der Waals surface area (Å²) < 4.78 is 1.94. The molecule has 1 atom stereocenters. The van der Waals surface area contributed by atoms with Crippen molar-refractivity contribution >= 4 is 11.6 Å². The van der Waals surface area contributed by atoms with Crippen molar-refractivity contribution in [1.29, 1.82) is 0 Å². The van der Waals surface area contributed by atoms with Gasteiger partial charge in [0.05, 0.1) is 6.54 Å².